The van der Waals surface area contributed by atoms with Crippen molar-refractivity contribution in [2.24, 2.45) is 0 Å². The van der Waals surface area contributed by atoms with Crippen molar-refractivity contribution in [1.29, 1.82) is 0 Å². The van der Waals surface area contributed by atoms with Gasteiger partial charge in [-0.05, 0) is 35.8 Å². The molecule has 2 N–H and O–H groups in total. The van der Waals surface area contributed by atoms with E-state index >= 15 is 0 Å². The number of carbonyl (C=O) groups is 1. The van der Waals surface area contributed by atoms with Gasteiger partial charge < -0.3 is 10.4 Å². The smallest absolute Gasteiger partial charge is 0.273 e. The monoisotopic (exact) mass is 368 g/mol. The molecule has 1 amide bonds. The number of amides is 1. The fraction of sp³-hybridized carbons (Fsp3) is 0.231. The van der Waals surface area contributed by atoms with Gasteiger partial charge in [0.15, 0.2) is 0 Å². The summed E-state index contributed by atoms with van der Waals surface area (Å²) in [5.74, 6) is -0.772. The lowest BCUT2D eigenvalue weighted by Gasteiger charge is -2.13. The quantitative estimate of drug-likeness (QED) is 0.489. The first-order chi connectivity index (χ1) is 10.3. The van der Waals surface area contributed by atoms with Crippen molar-refractivity contribution < 1.29 is 14.8 Å². The maximum atomic E-state index is 12.2. The highest BCUT2D eigenvalue weighted by molar-refractivity contribution is 9.10. The van der Waals surface area contributed by atoms with Crippen LogP contribution < -0.4 is 5.32 Å². The number of nitrogens with one attached hydrogen (secondary N) is 1. The molecule has 0 saturated heterocycles. The fourth-order valence-corrected chi connectivity index (χ4v) is 2.04. The standard InChI is InChI=1S/C13H13BrN4O4/c1-7-10(14)6-17(16-7)8(2)13(20)15-11-4-3-9(18(21)22)5-12(11)19/h3-6,8,19H,1-2H3,(H,15,20). The van der Waals surface area contributed by atoms with E-state index in [1.54, 1.807) is 20.0 Å². The van der Waals surface area contributed by atoms with Crippen LogP contribution in [0.25, 0.3) is 0 Å². The molecule has 0 fully saturated rings. The largest absolute Gasteiger partial charge is 0.506 e. The van der Waals surface area contributed by atoms with Gasteiger partial charge in [-0.1, -0.05) is 0 Å². The number of anilines is 1. The number of aromatic nitrogens is 2. The summed E-state index contributed by atoms with van der Waals surface area (Å²) in [6.07, 6.45) is 1.68. The molecule has 0 aliphatic rings. The highest BCUT2D eigenvalue weighted by Gasteiger charge is 2.19. The van der Waals surface area contributed by atoms with E-state index in [0.717, 1.165) is 16.2 Å². The van der Waals surface area contributed by atoms with Crippen LogP contribution in [-0.2, 0) is 4.79 Å². The number of halogens is 1. The summed E-state index contributed by atoms with van der Waals surface area (Å²) < 4.78 is 2.27. The highest BCUT2D eigenvalue weighted by atomic mass is 79.9. The summed E-state index contributed by atoms with van der Waals surface area (Å²) in [4.78, 5) is 22.2. The van der Waals surface area contributed by atoms with Crippen LogP contribution in [-0.4, -0.2) is 25.7 Å². The number of aryl methyl sites for hydroxylation is 1. The lowest BCUT2D eigenvalue weighted by Crippen LogP contribution is -2.24. The normalized spacial score (nSPS) is 12.0. The minimum absolute atomic E-state index is 0.102. The fourth-order valence-electron chi connectivity index (χ4n) is 1.75. The van der Waals surface area contributed by atoms with Gasteiger partial charge >= 0.3 is 0 Å². The van der Waals surface area contributed by atoms with Crippen LogP contribution in [0.3, 0.4) is 0 Å². The third kappa shape index (κ3) is 3.25. The van der Waals surface area contributed by atoms with Crippen molar-refractivity contribution in [2.45, 2.75) is 19.9 Å². The lowest BCUT2D eigenvalue weighted by molar-refractivity contribution is -0.384. The molecule has 1 aromatic heterocycles. The van der Waals surface area contributed by atoms with Crippen LogP contribution >= 0.6 is 15.9 Å². The molecule has 116 valence electrons. The number of nitro benzene ring substituents is 1. The maximum absolute atomic E-state index is 12.2. The van der Waals surface area contributed by atoms with E-state index in [2.05, 4.69) is 26.3 Å². The Labute approximate surface area is 134 Å². The first-order valence-electron chi connectivity index (χ1n) is 6.29. The number of phenols is 1. The van der Waals surface area contributed by atoms with Gasteiger partial charge in [0.25, 0.3) is 5.69 Å². The third-order valence-electron chi connectivity index (χ3n) is 3.08. The zero-order chi connectivity index (χ0) is 16.4. The van der Waals surface area contributed by atoms with E-state index in [1.165, 1.54) is 16.8 Å². The summed E-state index contributed by atoms with van der Waals surface area (Å²) in [5.41, 5.74) is 0.596. The topological polar surface area (TPSA) is 110 Å². The molecule has 0 saturated carbocycles. The van der Waals surface area contributed by atoms with Gasteiger partial charge in [-0.3, -0.25) is 19.6 Å². The molecule has 0 bridgehead atoms. The van der Waals surface area contributed by atoms with Crippen LogP contribution in [0, 0.1) is 17.0 Å². The second-order valence-electron chi connectivity index (χ2n) is 4.67. The van der Waals surface area contributed by atoms with Gasteiger partial charge in [0.05, 0.1) is 26.8 Å². The minimum atomic E-state index is -0.627. The Morgan fingerprint density at radius 1 is 1.55 bits per heavy atom. The minimum Gasteiger partial charge on any atom is -0.506 e. The second-order valence-corrected chi connectivity index (χ2v) is 5.52. The predicted octanol–water partition coefficient (Wildman–Crippen LogP) is 2.77. The summed E-state index contributed by atoms with van der Waals surface area (Å²) in [6, 6.07) is 2.85. The molecule has 2 rings (SSSR count). The van der Waals surface area contributed by atoms with Gasteiger partial charge in [0.1, 0.15) is 11.8 Å². The number of rotatable bonds is 4. The summed E-state index contributed by atoms with van der Waals surface area (Å²) >= 11 is 3.31. The first-order valence-corrected chi connectivity index (χ1v) is 7.08. The molecule has 0 aliphatic carbocycles. The Kier molecular flexibility index (Phi) is 4.45. The van der Waals surface area contributed by atoms with E-state index in [-0.39, 0.29) is 17.1 Å². The molecule has 1 atom stereocenters. The van der Waals surface area contributed by atoms with Crippen molar-refractivity contribution in [2.75, 3.05) is 5.32 Å². The van der Waals surface area contributed by atoms with Crippen LogP contribution in [0.5, 0.6) is 5.75 Å². The van der Waals surface area contributed by atoms with Crippen molar-refractivity contribution >= 4 is 33.2 Å². The number of hydrogen-bond donors (Lipinski definition) is 2. The Morgan fingerprint density at radius 2 is 2.23 bits per heavy atom. The number of nitrogens with zero attached hydrogens (tertiary/aromatic N) is 3. The summed E-state index contributed by atoms with van der Waals surface area (Å²) in [7, 11) is 0. The maximum Gasteiger partial charge on any atom is 0.273 e. The molecule has 0 spiro atoms. The second kappa shape index (κ2) is 6.14. The van der Waals surface area contributed by atoms with Gasteiger partial charge in [0.2, 0.25) is 5.91 Å². The molecular weight excluding hydrogens is 356 g/mol. The Bertz CT molecular complexity index is 724. The van der Waals surface area contributed by atoms with E-state index in [9.17, 15) is 20.0 Å². The molecule has 0 radical (unpaired) electrons. The van der Waals surface area contributed by atoms with Crippen LogP contribution in [0.1, 0.15) is 18.7 Å². The lowest BCUT2D eigenvalue weighted by atomic mass is 10.2. The van der Waals surface area contributed by atoms with Crippen LogP contribution in [0.15, 0.2) is 28.9 Å². The predicted molar refractivity (Wildman–Crippen MR) is 82.8 cm³/mol. The number of benzene rings is 1. The van der Waals surface area contributed by atoms with E-state index < -0.39 is 16.9 Å². The molecule has 9 heteroatoms. The average Bonchev–Trinajstić information content (AvgIpc) is 2.79. The van der Waals surface area contributed by atoms with E-state index in [1.807, 2.05) is 0 Å². The van der Waals surface area contributed by atoms with E-state index in [4.69, 9.17) is 0 Å². The van der Waals surface area contributed by atoms with Crippen LogP contribution in [0.4, 0.5) is 11.4 Å². The van der Waals surface area contributed by atoms with Crippen molar-refractivity contribution in [3.05, 3.63) is 44.7 Å². The first kappa shape index (κ1) is 16.0. The zero-order valence-electron chi connectivity index (χ0n) is 11.8. The Hall–Kier alpha value is -2.42. The number of phenolic OH excluding ortho intramolecular Hbond substituents is 1. The molecule has 1 aromatic carbocycles. The van der Waals surface area contributed by atoms with E-state index in [0.29, 0.717) is 0 Å². The highest BCUT2D eigenvalue weighted by Crippen LogP contribution is 2.28. The van der Waals surface area contributed by atoms with Crippen molar-refractivity contribution in [3.8, 4) is 5.75 Å². The van der Waals surface area contributed by atoms with Crippen molar-refractivity contribution in [1.82, 2.24) is 9.78 Å². The molecule has 8 nitrogen and oxygen atoms in total. The van der Waals surface area contributed by atoms with Gasteiger partial charge in [-0.15, -0.1) is 0 Å². The molecule has 0 aliphatic heterocycles. The number of nitro groups is 1. The van der Waals surface area contributed by atoms with Gasteiger partial charge in [-0.25, -0.2) is 0 Å². The number of non-ortho nitro benzene ring substituents is 1. The summed E-state index contributed by atoms with van der Waals surface area (Å²) in [6.45, 7) is 3.45. The Balaban J connectivity index is 2.16. The van der Waals surface area contributed by atoms with Gasteiger partial charge in [0, 0.05) is 12.3 Å². The molecular formula is C13H13BrN4O4. The number of hydrogen-bond acceptors (Lipinski definition) is 5. The Morgan fingerprint density at radius 3 is 2.73 bits per heavy atom. The van der Waals surface area contributed by atoms with Crippen LogP contribution in [0.2, 0.25) is 0 Å². The zero-order valence-corrected chi connectivity index (χ0v) is 13.4. The molecule has 22 heavy (non-hydrogen) atoms. The number of aromatic hydroxyl groups is 1. The van der Waals surface area contributed by atoms with Crippen molar-refractivity contribution in [3.63, 3.8) is 0 Å². The molecule has 1 heterocycles. The summed E-state index contributed by atoms with van der Waals surface area (Å²) in [5, 5.41) is 27.1. The molecule has 2 aromatic rings. The van der Waals surface area contributed by atoms with Gasteiger partial charge in [-0.2, -0.15) is 5.10 Å². The SMILES string of the molecule is Cc1nn(C(C)C(=O)Nc2ccc([N+](=O)[O-])cc2O)cc1Br. The third-order valence-corrected chi connectivity index (χ3v) is 3.86. The average molecular weight is 369 g/mol. The number of carbonyl (C=O) groups excluding carboxylic acids is 1. The molecule has 1 unspecified atom stereocenters.